The highest BCUT2D eigenvalue weighted by molar-refractivity contribution is 5.87. The molecule has 0 heterocycles. The van der Waals surface area contributed by atoms with Gasteiger partial charge in [-0.25, -0.2) is 0 Å². The van der Waals surface area contributed by atoms with E-state index in [-0.39, 0.29) is 17.4 Å². The lowest BCUT2D eigenvalue weighted by Gasteiger charge is -2.32. The van der Waals surface area contributed by atoms with Crippen LogP contribution in [0.2, 0.25) is 0 Å². The number of hydrogen-bond acceptors (Lipinski definition) is 2. The number of hydrogen-bond donors (Lipinski definition) is 1. The van der Waals surface area contributed by atoms with Crippen molar-refractivity contribution in [1.82, 2.24) is 10.2 Å². The van der Waals surface area contributed by atoms with Crippen molar-refractivity contribution in [3.8, 4) is 0 Å². The molecule has 2 aromatic carbocycles. The summed E-state index contributed by atoms with van der Waals surface area (Å²) in [5.74, 6) is -0.133. The summed E-state index contributed by atoms with van der Waals surface area (Å²) in [4.78, 5) is 27.7. The van der Waals surface area contributed by atoms with Gasteiger partial charge in [0, 0.05) is 18.5 Å². The van der Waals surface area contributed by atoms with Gasteiger partial charge in [-0.3, -0.25) is 9.59 Å². The molecule has 2 amide bonds. The third-order valence-electron chi connectivity index (χ3n) is 5.33. The minimum atomic E-state index is -0.543. The molecule has 2 rings (SSSR count). The van der Waals surface area contributed by atoms with Crippen molar-refractivity contribution in [2.45, 2.75) is 78.9 Å². The number of aryl methyl sites for hydroxylation is 3. The summed E-state index contributed by atoms with van der Waals surface area (Å²) in [5.41, 5.74) is 4.27. The summed E-state index contributed by atoms with van der Waals surface area (Å²) < 4.78 is 0. The molecule has 1 atom stereocenters. The summed E-state index contributed by atoms with van der Waals surface area (Å²) in [5, 5.41) is 3.01. The Kier molecular flexibility index (Phi) is 8.22. The van der Waals surface area contributed by atoms with Gasteiger partial charge >= 0.3 is 0 Å². The molecule has 0 saturated heterocycles. The van der Waals surface area contributed by atoms with Crippen LogP contribution in [0.4, 0.5) is 0 Å². The van der Waals surface area contributed by atoms with Crippen LogP contribution >= 0.6 is 0 Å². The molecule has 30 heavy (non-hydrogen) atoms. The first kappa shape index (κ1) is 23.7. The van der Waals surface area contributed by atoms with Crippen molar-refractivity contribution in [2.24, 2.45) is 0 Å². The van der Waals surface area contributed by atoms with Crippen molar-refractivity contribution in [1.29, 1.82) is 0 Å². The van der Waals surface area contributed by atoms with Gasteiger partial charge in [0.2, 0.25) is 11.8 Å². The summed E-state index contributed by atoms with van der Waals surface area (Å²) in [7, 11) is 0. The monoisotopic (exact) mass is 408 g/mol. The zero-order valence-electron chi connectivity index (χ0n) is 19.3. The summed E-state index contributed by atoms with van der Waals surface area (Å²) in [6.45, 7) is 12.3. The number of nitrogens with one attached hydrogen (secondary N) is 1. The lowest BCUT2D eigenvalue weighted by Crippen LogP contribution is -2.52. The normalized spacial score (nSPS) is 12.3. The van der Waals surface area contributed by atoms with Crippen LogP contribution in [0.15, 0.2) is 48.5 Å². The topological polar surface area (TPSA) is 49.4 Å². The fourth-order valence-corrected chi connectivity index (χ4v) is 3.36. The van der Waals surface area contributed by atoms with Gasteiger partial charge < -0.3 is 10.2 Å². The fraction of sp³-hybridized carbons (Fsp3) is 0.462. The smallest absolute Gasteiger partial charge is 0.242 e. The maximum absolute atomic E-state index is 13.2. The molecule has 0 fully saturated rings. The van der Waals surface area contributed by atoms with E-state index >= 15 is 0 Å². The van der Waals surface area contributed by atoms with Crippen LogP contribution in [-0.2, 0) is 29.0 Å². The standard InChI is InChI=1S/C26H36N2O2/c1-7-21-12-14-22(15-13-21)16-17-24(29)28(18-23-11-9-8-10-19(23)2)20(3)25(30)27-26(4,5)6/h8-15,20H,7,16-18H2,1-6H3,(H,27,30)/t20-/m1/s1. The van der Waals surface area contributed by atoms with Crippen LogP contribution in [0.3, 0.4) is 0 Å². The molecule has 0 aliphatic heterocycles. The molecule has 4 heteroatoms. The van der Waals surface area contributed by atoms with Crippen molar-refractivity contribution in [3.05, 3.63) is 70.8 Å². The zero-order valence-corrected chi connectivity index (χ0v) is 19.3. The van der Waals surface area contributed by atoms with Gasteiger partial charge in [-0.15, -0.1) is 0 Å². The van der Waals surface area contributed by atoms with E-state index in [9.17, 15) is 9.59 Å². The van der Waals surface area contributed by atoms with Crippen molar-refractivity contribution in [3.63, 3.8) is 0 Å². The van der Waals surface area contributed by atoms with Crippen LogP contribution in [-0.4, -0.2) is 28.3 Å². The minimum Gasteiger partial charge on any atom is -0.350 e. The van der Waals surface area contributed by atoms with Crippen molar-refractivity contribution in [2.75, 3.05) is 0 Å². The number of nitrogens with zero attached hydrogens (tertiary/aromatic N) is 1. The first-order valence-corrected chi connectivity index (χ1v) is 10.8. The van der Waals surface area contributed by atoms with E-state index in [1.165, 1.54) is 5.56 Å². The Bertz CT molecular complexity index is 850. The number of carbonyl (C=O) groups is 2. The second-order valence-corrected chi connectivity index (χ2v) is 9.03. The Morgan fingerprint density at radius 2 is 1.60 bits per heavy atom. The molecule has 162 valence electrons. The lowest BCUT2D eigenvalue weighted by atomic mass is 10.0. The molecular formula is C26H36N2O2. The largest absolute Gasteiger partial charge is 0.350 e. The van der Waals surface area contributed by atoms with Gasteiger partial charge in [-0.1, -0.05) is 55.5 Å². The van der Waals surface area contributed by atoms with Crippen LogP contribution in [0, 0.1) is 6.92 Å². The first-order valence-electron chi connectivity index (χ1n) is 10.8. The molecule has 0 spiro atoms. The molecule has 0 aliphatic carbocycles. The van der Waals surface area contributed by atoms with Gasteiger partial charge in [-0.2, -0.15) is 0 Å². The van der Waals surface area contributed by atoms with Gasteiger partial charge in [0.25, 0.3) is 0 Å². The number of rotatable bonds is 8. The van der Waals surface area contributed by atoms with Gasteiger partial charge in [0.1, 0.15) is 6.04 Å². The average Bonchev–Trinajstić information content (AvgIpc) is 2.70. The Morgan fingerprint density at radius 1 is 1.00 bits per heavy atom. The molecule has 0 aromatic heterocycles. The minimum absolute atomic E-state index is 0.00520. The van der Waals surface area contributed by atoms with Gasteiger partial charge in [-0.05, 0) is 69.7 Å². The van der Waals surface area contributed by atoms with Gasteiger partial charge in [0.15, 0.2) is 0 Å². The first-order chi connectivity index (χ1) is 14.1. The molecule has 0 unspecified atom stereocenters. The molecular weight excluding hydrogens is 372 g/mol. The Morgan fingerprint density at radius 3 is 2.17 bits per heavy atom. The van der Waals surface area contributed by atoms with E-state index in [2.05, 4.69) is 36.5 Å². The van der Waals surface area contributed by atoms with E-state index in [4.69, 9.17) is 0 Å². The van der Waals surface area contributed by atoms with E-state index in [1.807, 2.05) is 58.9 Å². The average molecular weight is 409 g/mol. The zero-order chi connectivity index (χ0) is 22.3. The highest BCUT2D eigenvalue weighted by Crippen LogP contribution is 2.16. The molecule has 0 bridgehead atoms. The van der Waals surface area contributed by atoms with Crippen molar-refractivity contribution >= 4 is 11.8 Å². The second-order valence-electron chi connectivity index (χ2n) is 9.03. The predicted octanol–water partition coefficient (Wildman–Crippen LogP) is 4.82. The molecule has 1 N–H and O–H groups in total. The summed E-state index contributed by atoms with van der Waals surface area (Å²) in [6.07, 6.45) is 2.05. The maximum atomic E-state index is 13.2. The van der Waals surface area contributed by atoms with Crippen molar-refractivity contribution < 1.29 is 9.59 Å². The van der Waals surface area contributed by atoms with Crippen LogP contribution in [0.1, 0.15) is 63.3 Å². The second kappa shape index (κ2) is 10.4. The van der Waals surface area contributed by atoms with Crippen LogP contribution in [0.25, 0.3) is 0 Å². The fourth-order valence-electron chi connectivity index (χ4n) is 3.36. The maximum Gasteiger partial charge on any atom is 0.242 e. The Labute approximate surface area is 181 Å². The highest BCUT2D eigenvalue weighted by Gasteiger charge is 2.28. The Balaban J connectivity index is 2.16. The summed E-state index contributed by atoms with van der Waals surface area (Å²) in [6, 6.07) is 15.9. The Hall–Kier alpha value is -2.62. The van der Waals surface area contributed by atoms with Crippen LogP contribution < -0.4 is 5.32 Å². The quantitative estimate of drug-likeness (QED) is 0.681. The van der Waals surface area contributed by atoms with E-state index in [0.717, 1.165) is 23.1 Å². The molecule has 0 saturated carbocycles. The SMILES string of the molecule is CCc1ccc(CCC(=O)N(Cc2ccccc2C)[C@H](C)C(=O)NC(C)(C)C)cc1. The third-order valence-corrected chi connectivity index (χ3v) is 5.33. The van der Waals surface area contributed by atoms with E-state index < -0.39 is 6.04 Å². The third kappa shape index (κ3) is 7.01. The number of benzene rings is 2. The summed E-state index contributed by atoms with van der Waals surface area (Å²) >= 11 is 0. The molecule has 2 aromatic rings. The van der Waals surface area contributed by atoms with E-state index in [0.29, 0.717) is 19.4 Å². The number of amides is 2. The van der Waals surface area contributed by atoms with E-state index in [1.54, 1.807) is 4.90 Å². The molecule has 0 radical (unpaired) electrons. The lowest BCUT2D eigenvalue weighted by molar-refractivity contribution is -0.141. The van der Waals surface area contributed by atoms with Gasteiger partial charge in [0.05, 0.1) is 0 Å². The molecule has 0 aliphatic rings. The highest BCUT2D eigenvalue weighted by atomic mass is 16.2. The predicted molar refractivity (Wildman–Crippen MR) is 123 cm³/mol. The molecule has 4 nitrogen and oxygen atoms in total. The van der Waals surface area contributed by atoms with Crippen LogP contribution in [0.5, 0.6) is 0 Å². The number of carbonyl (C=O) groups excluding carboxylic acids is 2.